The summed E-state index contributed by atoms with van der Waals surface area (Å²) >= 11 is 0. The smallest absolute Gasteiger partial charge is 0.182 e. The number of ketones is 1. The van der Waals surface area contributed by atoms with Crippen LogP contribution in [0.3, 0.4) is 0 Å². The standard InChI is InChI=1S/C10H15NO/c1-5-6-4-7(10(6,2)3)9(12)8(5)11/h6-7H,4,11H2,1-3H3/t6-,7-/m0/s1. The summed E-state index contributed by atoms with van der Waals surface area (Å²) in [6, 6.07) is 0. The van der Waals surface area contributed by atoms with Gasteiger partial charge in [0.05, 0.1) is 5.70 Å². The molecule has 0 heterocycles. The number of hydrogen-bond acceptors (Lipinski definition) is 2. The van der Waals surface area contributed by atoms with Crippen LogP contribution in [0.15, 0.2) is 11.3 Å². The van der Waals surface area contributed by atoms with Crippen LogP contribution in [0.25, 0.3) is 0 Å². The first-order valence-corrected chi connectivity index (χ1v) is 4.46. The maximum absolute atomic E-state index is 11.6. The first-order chi connectivity index (χ1) is 5.46. The van der Waals surface area contributed by atoms with Crippen LogP contribution in [0.1, 0.15) is 27.2 Å². The molecule has 66 valence electrons. The fraction of sp³-hybridized carbons (Fsp3) is 0.700. The van der Waals surface area contributed by atoms with Gasteiger partial charge in [0.25, 0.3) is 0 Å². The number of nitrogens with two attached hydrogens (primary N) is 1. The third kappa shape index (κ3) is 0.637. The van der Waals surface area contributed by atoms with E-state index in [1.807, 2.05) is 6.92 Å². The molecule has 3 aliphatic carbocycles. The molecule has 0 aromatic carbocycles. The van der Waals surface area contributed by atoms with Gasteiger partial charge < -0.3 is 5.73 Å². The Morgan fingerprint density at radius 2 is 2.00 bits per heavy atom. The van der Waals surface area contributed by atoms with Gasteiger partial charge in [-0.3, -0.25) is 4.79 Å². The lowest BCUT2D eigenvalue weighted by Crippen LogP contribution is -2.54. The SMILES string of the molecule is CC1=C(N)C(=O)[C@@H]2C[C@@H]1C2(C)C. The molecule has 0 aromatic heterocycles. The molecule has 2 heteroatoms. The largest absolute Gasteiger partial charge is 0.396 e. The van der Waals surface area contributed by atoms with Crippen molar-refractivity contribution in [2.24, 2.45) is 23.0 Å². The molecule has 2 bridgehead atoms. The highest BCUT2D eigenvalue weighted by Gasteiger charge is 2.56. The van der Waals surface area contributed by atoms with Crippen molar-refractivity contribution in [3.8, 4) is 0 Å². The minimum absolute atomic E-state index is 0.171. The summed E-state index contributed by atoms with van der Waals surface area (Å²) in [4.78, 5) is 11.6. The summed E-state index contributed by atoms with van der Waals surface area (Å²) in [6.45, 7) is 6.33. The van der Waals surface area contributed by atoms with Crippen molar-refractivity contribution in [3.05, 3.63) is 11.3 Å². The Morgan fingerprint density at radius 1 is 1.42 bits per heavy atom. The molecule has 12 heavy (non-hydrogen) atoms. The Morgan fingerprint density at radius 3 is 2.42 bits per heavy atom. The Bertz CT molecular complexity index is 288. The van der Waals surface area contributed by atoms with Gasteiger partial charge in [-0.25, -0.2) is 0 Å². The second kappa shape index (κ2) is 1.93. The number of hydrogen-bond donors (Lipinski definition) is 1. The molecule has 0 spiro atoms. The maximum Gasteiger partial charge on any atom is 0.182 e. The fourth-order valence-corrected chi connectivity index (χ4v) is 2.67. The molecule has 0 saturated heterocycles. The van der Waals surface area contributed by atoms with Crippen molar-refractivity contribution in [1.29, 1.82) is 0 Å². The third-order valence-electron chi connectivity index (χ3n) is 3.80. The highest BCUT2D eigenvalue weighted by molar-refractivity contribution is 6.00. The lowest BCUT2D eigenvalue weighted by Gasteiger charge is -2.55. The van der Waals surface area contributed by atoms with Crippen molar-refractivity contribution in [2.75, 3.05) is 0 Å². The first kappa shape index (κ1) is 7.84. The van der Waals surface area contributed by atoms with Crippen molar-refractivity contribution >= 4 is 5.78 Å². The van der Waals surface area contributed by atoms with E-state index in [-0.39, 0.29) is 17.1 Å². The van der Waals surface area contributed by atoms with Crippen molar-refractivity contribution in [2.45, 2.75) is 27.2 Å². The van der Waals surface area contributed by atoms with Crippen LogP contribution in [0.2, 0.25) is 0 Å². The number of carbonyl (C=O) groups excluding carboxylic acids is 1. The number of rotatable bonds is 0. The number of carbonyl (C=O) groups is 1. The van der Waals surface area contributed by atoms with Gasteiger partial charge in [-0.05, 0) is 30.3 Å². The molecule has 1 fully saturated rings. The van der Waals surface area contributed by atoms with Gasteiger partial charge >= 0.3 is 0 Å². The van der Waals surface area contributed by atoms with Gasteiger partial charge in [0, 0.05) is 5.92 Å². The van der Waals surface area contributed by atoms with E-state index in [0.29, 0.717) is 11.6 Å². The van der Waals surface area contributed by atoms with Gasteiger partial charge in [0.1, 0.15) is 0 Å². The van der Waals surface area contributed by atoms with Crippen LogP contribution >= 0.6 is 0 Å². The summed E-state index contributed by atoms with van der Waals surface area (Å²) in [7, 11) is 0. The lowest BCUT2D eigenvalue weighted by molar-refractivity contribution is -0.135. The summed E-state index contributed by atoms with van der Waals surface area (Å²) in [5.41, 5.74) is 7.52. The predicted molar refractivity (Wildman–Crippen MR) is 47.3 cm³/mol. The number of Topliss-reactive ketones (excluding diaryl/α,β-unsaturated/α-hetero) is 1. The van der Waals surface area contributed by atoms with Crippen molar-refractivity contribution < 1.29 is 4.79 Å². The summed E-state index contributed by atoms with van der Waals surface area (Å²) in [6.07, 6.45) is 1.03. The molecule has 0 amide bonds. The molecule has 0 unspecified atom stereocenters. The molecule has 2 nitrogen and oxygen atoms in total. The topological polar surface area (TPSA) is 43.1 Å². The van der Waals surface area contributed by atoms with Crippen molar-refractivity contribution in [1.82, 2.24) is 0 Å². The Balaban J connectivity index is 2.48. The minimum Gasteiger partial charge on any atom is -0.396 e. The lowest BCUT2D eigenvalue weighted by atomic mass is 9.48. The average Bonchev–Trinajstić information content (AvgIpc) is 1.98. The molecule has 0 aromatic rings. The average molecular weight is 165 g/mol. The normalized spacial score (nSPS) is 38.1. The second-order valence-corrected chi connectivity index (χ2v) is 4.62. The molecule has 1 saturated carbocycles. The van der Waals surface area contributed by atoms with E-state index < -0.39 is 0 Å². The molecule has 2 atom stereocenters. The minimum atomic E-state index is 0.171. The zero-order valence-electron chi connectivity index (χ0n) is 7.85. The van der Waals surface area contributed by atoms with Gasteiger partial charge in [0.2, 0.25) is 0 Å². The maximum atomic E-state index is 11.6. The van der Waals surface area contributed by atoms with E-state index in [2.05, 4.69) is 13.8 Å². The van der Waals surface area contributed by atoms with E-state index in [1.54, 1.807) is 0 Å². The van der Waals surface area contributed by atoms with Crippen LogP contribution < -0.4 is 5.73 Å². The first-order valence-electron chi connectivity index (χ1n) is 4.46. The van der Waals surface area contributed by atoms with Crippen molar-refractivity contribution in [3.63, 3.8) is 0 Å². The third-order valence-corrected chi connectivity index (χ3v) is 3.80. The summed E-state index contributed by atoms with van der Waals surface area (Å²) in [5, 5.41) is 0. The van der Waals surface area contributed by atoms with Gasteiger partial charge in [-0.2, -0.15) is 0 Å². The van der Waals surface area contributed by atoms with Crippen LogP contribution in [0, 0.1) is 17.3 Å². The molecule has 0 radical (unpaired) electrons. The van der Waals surface area contributed by atoms with E-state index in [9.17, 15) is 4.79 Å². The molecular weight excluding hydrogens is 150 g/mol. The zero-order chi connectivity index (χ0) is 9.09. The molecule has 0 aliphatic heterocycles. The molecular formula is C10H15NO. The summed E-state index contributed by atoms with van der Waals surface area (Å²) in [5.74, 6) is 0.936. The monoisotopic (exact) mass is 165 g/mol. The van der Waals surface area contributed by atoms with Crippen LogP contribution in [0.5, 0.6) is 0 Å². The van der Waals surface area contributed by atoms with Crippen LogP contribution in [0.4, 0.5) is 0 Å². The molecule has 2 N–H and O–H groups in total. The highest BCUT2D eigenvalue weighted by atomic mass is 16.1. The van der Waals surface area contributed by atoms with E-state index >= 15 is 0 Å². The van der Waals surface area contributed by atoms with E-state index in [4.69, 9.17) is 5.73 Å². The summed E-state index contributed by atoms with van der Waals surface area (Å²) < 4.78 is 0. The van der Waals surface area contributed by atoms with Crippen LogP contribution in [-0.4, -0.2) is 5.78 Å². The highest BCUT2D eigenvalue weighted by Crippen LogP contribution is 2.58. The Labute approximate surface area is 72.8 Å². The molecule has 3 aliphatic rings. The molecule has 3 rings (SSSR count). The van der Waals surface area contributed by atoms with Crippen LogP contribution in [-0.2, 0) is 4.79 Å². The second-order valence-electron chi connectivity index (χ2n) is 4.62. The zero-order valence-corrected chi connectivity index (χ0v) is 7.85. The fourth-order valence-electron chi connectivity index (χ4n) is 2.67. The van der Waals surface area contributed by atoms with Gasteiger partial charge in [-0.1, -0.05) is 13.8 Å². The van der Waals surface area contributed by atoms with Gasteiger partial charge in [-0.15, -0.1) is 0 Å². The Hall–Kier alpha value is -0.790. The predicted octanol–water partition coefficient (Wildman–Crippen LogP) is 1.46. The van der Waals surface area contributed by atoms with E-state index in [1.165, 1.54) is 0 Å². The van der Waals surface area contributed by atoms with Gasteiger partial charge in [0.15, 0.2) is 5.78 Å². The number of fused-ring (bicyclic) bond motifs is 1. The number of allylic oxidation sites excluding steroid dienone is 2. The quantitative estimate of drug-likeness (QED) is 0.590. The van der Waals surface area contributed by atoms with E-state index in [0.717, 1.165) is 12.0 Å². The Kier molecular flexibility index (Phi) is 1.26.